The van der Waals surface area contributed by atoms with E-state index >= 15 is 0 Å². The second-order valence-electron chi connectivity index (χ2n) is 6.62. The summed E-state index contributed by atoms with van der Waals surface area (Å²) in [4.78, 5) is 0. The van der Waals surface area contributed by atoms with Gasteiger partial charge in [0.15, 0.2) is 0 Å². The summed E-state index contributed by atoms with van der Waals surface area (Å²) in [6.07, 6.45) is 4.47. The molecule has 5 unspecified atom stereocenters. The molecule has 3 N–H and O–H groups in total. The van der Waals surface area contributed by atoms with E-state index < -0.39 is 0 Å². The number of hydrogen-bond acceptors (Lipinski definition) is 2. The monoisotopic (exact) mass is 242 g/mol. The Bertz CT molecular complexity index is 437. The van der Waals surface area contributed by atoms with Gasteiger partial charge in [-0.3, -0.25) is 11.3 Å². The lowest BCUT2D eigenvalue weighted by atomic mass is 9.93. The lowest BCUT2D eigenvalue weighted by Crippen LogP contribution is -2.31. The number of fused-ring (bicyclic) bond motifs is 5. The van der Waals surface area contributed by atoms with Crippen LogP contribution in [0.1, 0.15) is 36.4 Å². The molecule has 96 valence electrons. The van der Waals surface area contributed by atoms with Crippen LogP contribution in [0, 0.1) is 36.5 Å². The molecule has 0 spiro atoms. The summed E-state index contributed by atoms with van der Waals surface area (Å²) in [5.74, 6) is 10.7. The van der Waals surface area contributed by atoms with Crippen molar-refractivity contribution in [2.45, 2.75) is 32.2 Å². The molecule has 0 heterocycles. The predicted molar refractivity (Wildman–Crippen MR) is 72.5 cm³/mol. The van der Waals surface area contributed by atoms with Crippen LogP contribution in [0.15, 0.2) is 24.3 Å². The molecule has 0 aliphatic heterocycles. The highest BCUT2D eigenvalue weighted by molar-refractivity contribution is 5.28. The van der Waals surface area contributed by atoms with E-state index in [1.165, 1.54) is 30.4 Å². The highest BCUT2D eigenvalue weighted by atomic mass is 15.2. The van der Waals surface area contributed by atoms with Gasteiger partial charge in [-0.1, -0.05) is 29.8 Å². The van der Waals surface area contributed by atoms with Crippen LogP contribution in [0.5, 0.6) is 0 Å². The minimum atomic E-state index is 0.379. The first kappa shape index (κ1) is 11.0. The first-order chi connectivity index (χ1) is 8.79. The summed E-state index contributed by atoms with van der Waals surface area (Å²) in [6.45, 7) is 2.14. The van der Waals surface area contributed by atoms with E-state index in [2.05, 4.69) is 36.6 Å². The number of hydrazine groups is 1. The molecular formula is C16H22N2. The second kappa shape index (κ2) is 3.82. The Morgan fingerprint density at radius 1 is 1.11 bits per heavy atom. The molecule has 0 radical (unpaired) electrons. The van der Waals surface area contributed by atoms with Gasteiger partial charge in [-0.25, -0.2) is 0 Å². The minimum Gasteiger partial charge on any atom is -0.271 e. The van der Waals surface area contributed by atoms with Crippen molar-refractivity contribution in [2.75, 3.05) is 0 Å². The van der Waals surface area contributed by atoms with Crippen molar-refractivity contribution >= 4 is 0 Å². The molecule has 2 bridgehead atoms. The van der Waals surface area contributed by atoms with Gasteiger partial charge in [-0.05, 0) is 61.3 Å². The molecule has 1 aromatic carbocycles. The van der Waals surface area contributed by atoms with Gasteiger partial charge in [-0.15, -0.1) is 0 Å². The van der Waals surface area contributed by atoms with Crippen molar-refractivity contribution in [2.24, 2.45) is 35.4 Å². The number of hydrogen-bond donors (Lipinski definition) is 2. The molecule has 1 aromatic rings. The van der Waals surface area contributed by atoms with Gasteiger partial charge in [0.2, 0.25) is 0 Å². The molecule has 2 heteroatoms. The van der Waals surface area contributed by atoms with Crippen molar-refractivity contribution in [3.63, 3.8) is 0 Å². The normalized spacial score (nSPS) is 41.8. The molecule has 0 saturated heterocycles. The summed E-state index contributed by atoms with van der Waals surface area (Å²) in [7, 11) is 0. The zero-order valence-corrected chi connectivity index (χ0v) is 11.0. The van der Waals surface area contributed by atoms with E-state index in [1.54, 1.807) is 0 Å². The zero-order chi connectivity index (χ0) is 12.3. The Hall–Kier alpha value is -0.860. The Balaban J connectivity index is 1.58. The molecule has 4 rings (SSSR count). The fourth-order valence-electron chi connectivity index (χ4n) is 5.04. The van der Waals surface area contributed by atoms with E-state index in [1.807, 2.05) is 0 Å². The molecule has 3 aliphatic rings. The highest BCUT2D eigenvalue weighted by Gasteiger charge is 2.66. The Kier molecular flexibility index (Phi) is 2.33. The van der Waals surface area contributed by atoms with E-state index in [4.69, 9.17) is 5.84 Å². The van der Waals surface area contributed by atoms with Gasteiger partial charge in [0, 0.05) is 6.04 Å². The third-order valence-corrected chi connectivity index (χ3v) is 5.80. The summed E-state index contributed by atoms with van der Waals surface area (Å²) in [5, 5.41) is 0. The van der Waals surface area contributed by atoms with E-state index in [0.717, 1.165) is 29.6 Å². The maximum atomic E-state index is 5.85. The van der Waals surface area contributed by atoms with Crippen LogP contribution in [0.25, 0.3) is 0 Å². The summed E-state index contributed by atoms with van der Waals surface area (Å²) >= 11 is 0. The Labute approximate surface area is 109 Å². The number of nitrogens with one attached hydrogen (secondary N) is 1. The third-order valence-electron chi connectivity index (χ3n) is 5.80. The lowest BCUT2D eigenvalue weighted by Gasteiger charge is -2.20. The summed E-state index contributed by atoms with van der Waals surface area (Å²) < 4.78 is 0. The van der Waals surface area contributed by atoms with Crippen LogP contribution in [0.4, 0.5) is 0 Å². The van der Waals surface area contributed by atoms with Crippen LogP contribution in [-0.2, 0) is 0 Å². The van der Waals surface area contributed by atoms with Gasteiger partial charge in [-0.2, -0.15) is 0 Å². The second-order valence-corrected chi connectivity index (χ2v) is 6.62. The van der Waals surface area contributed by atoms with E-state index in [0.29, 0.717) is 6.04 Å². The maximum absolute atomic E-state index is 5.85. The first-order valence-corrected chi connectivity index (χ1v) is 7.32. The minimum absolute atomic E-state index is 0.379. The molecule has 3 saturated carbocycles. The molecule has 3 fully saturated rings. The van der Waals surface area contributed by atoms with Crippen molar-refractivity contribution in [1.29, 1.82) is 0 Å². The maximum Gasteiger partial charge on any atom is 0.0493 e. The van der Waals surface area contributed by atoms with Gasteiger partial charge in [0.05, 0.1) is 0 Å². The SMILES string of the molecule is Cc1ccc(C(NN)C2C3C4CCC(C4)C32)cc1. The highest BCUT2D eigenvalue weighted by Crippen LogP contribution is 2.72. The van der Waals surface area contributed by atoms with Crippen LogP contribution < -0.4 is 11.3 Å². The fourth-order valence-corrected chi connectivity index (χ4v) is 5.04. The van der Waals surface area contributed by atoms with Gasteiger partial charge >= 0.3 is 0 Å². The van der Waals surface area contributed by atoms with Gasteiger partial charge in [0.1, 0.15) is 0 Å². The number of benzene rings is 1. The smallest absolute Gasteiger partial charge is 0.0493 e. The van der Waals surface area contributed by atoms with Gasteiger partial charge in [0.25, 0.3) is 0 Å². The van der Waals surface area contributed by atoms with Crippen LogP contribution in [0.2, 0.25) is 0 Å². The number of rotatable bonds is 3. The van der Waals surface area contributed by atoms with Crippen molar-refractivity contribution in [1.82, 2.24) is 5.43 Å². The standard InChI is InChI=1S/C16H22N2/c1-9-2-4-10(5-3-9)16(18-17)15-13-11-6-7-12(8-11)14(13)15/h2-5,11-16,18H,6-8,17H2,1H3. The van der Waals surface area contributed by atoms with Crippen LogP contribution >= 0.6 is 0 Å². The van der Waals surface area contributed by atoms with Crippen molar-refractivity contribution < 1.29 is 0 Å². The third kappa shape index (κ3) is 1.42. The molecule has 18 heavy (non-hydrogen) atoms. The topological polar surface area (TPSA) is 38.0 Å². The van der Waals surface area contributed by atoms with E-state index in [9.17, 15) is 0 Å². The molecule has 0 amide bonds. The molecule has 3 aliphatic carbocycles. The zero-order valence-electron chi connectivity index (χ0n) is 11.0. The van der Waals surface area contributed by atoms with Crippen molar-refractivity contribution in [3.05, 3.63) is 35.4 Å². The number of aryl methyl sites for hydroxylation is 1. The predicted octanol–water partition coefficient (Wildman–Crippen LogP) is 2.79. The lowest BCUT2D eigenvalue weighted by molar-refractivity contribution is 0.374. The molecule has 0 aromatic heterocycles. The molecule has 2 nitrogen and oxygen atoms in total. The Morgan fingerprint density at radius 2 is 1.72 bits per heavy atom. The summed E-state index contributed by atoms with van der Waals surface area (Å²) in [5.41, 5.74) is 5.80. The van der Waals surface area contributed by atoms with Crippen molar-refractivity contribution in [3.8, 4) is 0 Å². The Morgan fingerprint density at radius 3 is 2.28 bits per heavy atom. The average molecular weight is 242 g/mol. The largest absolute Gasteiger partial charge is 0.271 e. The quantitative estimate of drug-likeness (QED) is 0.632. The fraction of sp³-hybridized carbons (Fsp3) is 0.625. The first-order valence-electron chi connectivity index (χ1n) is 7.32. The van der Waals surface area contributed by atoms with E-state index in [-0.39, 0.29) is 0 Å². The van der Waals surface area contributed by atoms with Crippen LogP contribution in [-0.4, -0.2) is 0 Å². The average Bonchev–Trinajstić information content (AvgIpc) is 2.81. The number of nitrogens with two attached hydrogens (primary N) is 1. The van der Waals surface area contributed by atoms with Gasteiger partial charge < -0.3 is 0 Å². The summed E-state index contributed by atoms with van der Waals surface area (Å²) in [6, 6.07) is 9.27. The molecular weight excluding hydrogens is 220 g/mol. The molecule has 5 atom stereocenters. The van der Waals surface area contributed by atoms with Crippen LogP contribution in [0.3, 0.4) is 0 Å².